The van der Waals surface area contributed by atoms with Crippen LogP contribution in [0.1, 0.15) is 25.8 Å². The molecule has 0 spiro atoms. The average molecular weight is 338 g/mol. The van der Waals surface area contributed by atoms with E-state index in [4.69, 9.17) is 4.74 Å². The lowest BCUT2D eigenvalue weighted by molar-refractivity contribution is -0.116. The number of carbonyl (C=O) groups excluding carboxylic acids is 2. The highest BCUT2D eigenvalue weighted by Gasteiger charge is 2.02. The van der Waals surface area contributed by atoms with Gasteiger partial charge in [0.05, 0.1) is 6.61 Å². The maximum atomic E-state index is 12.0. The molecule has 2 rings (SSSR count). The maximum Gasteiger partial charge on any atom is 0.248 e. The fourth-order valence-electron chi connectivity index (χ4n) is 2.12. The lowest BCUT2D eigenvalue weighted by atomic mass is 10.2. The Labute approximate surface area is 147 Å². The second-order valence-electron chi connectivity index (χ2n) is 5.31. The average Bonchev–Trinajstić information content (AvgIpc) is 2.61. The lowest BCUT2D eigenvalue weighted by Gasteiger charge is -2.07. The van der Waals surface area contributed by atoms with Crippen LogP contribution in [-0.4, -0.2) is 18.4 Å². The summed E-state index contributed by atoms with van der Waals surface area (Å²) in [5.74, 6) is 0.488. The van der Waals surface area contributed by atoms with E-state index in [0.717, 1.165) is 11.3 Å². The zero-order chi connectivity index (χ0) is 18.1. The predicted octanol–water partition coefficient (Wildman–Crippen LogP) is 4.09. The van der Waals surface area contributed by atoms with Crippen molar-refractivity contribution in [1.82, 2.24) is 0 Å². The molecule has 0 bridgehead atoms. The normalized spacial score (nSPS) is 10.5. The van der Waals surface area contributed by atoms with Crippen molar-refractivity contribution in [2.45, 2.75) is 20.3 Å². The molecule has 0 aliphatic rings. The van der Waals surface area contributed by atoms with Crippen LogP contribution in [0.15, 0.2) is 54.6 Å². The summed E-state index contributed by atoms with van der Waals surface area (Å²) in [7, 11) is 0. The summed E-state index contributed by atoms with van der Waals surface area (Å²) < 4.78 is 5.38. The second kappa shape index (κ2) is 9.27. The van der Waals surface area contributed by atoms with E-state index in [0.29, 0.717) is 24.4 Å². The van der Waals surface area contributed by atoms with Gasteiger partial charge in [-0.2, -0.15) is 0 Å². The van der Waals surface area contributed by atoms with Crippen LogP contribution in [0, 0.1) is 0 Å². The minimum atomic E-state index is -0.243. The first kappa shape index (κ1) is 18.3. The molecule has 25 heavy (non-hydrogen) atoms. The number of ether oxygens (including phenoxy) is 1. The minimum absolute atomic E-state index is 0.0705. The van der Waals surface area contributed by atoms with Gasteiger partial charge in [0.1, 0.15) is 5.75 Å². The summed E-state index contributed by atoms with van der Waals surface area (Å²) in [5, 5.41) is 5.53. The number of nitrogens with one attached hydrogen (secondary N) is 2. The van der Waals surface area contributed by atoms with Crippen LogP contribution in [0.2, 0.25) is 0 Å². The van der Waals surface area contributed by atoms with Crippen LogP contribution in [0.5, 0.6) is 5.75 Å². The summed E-state index contributed by atoms with van der Waals surface area (Å²) in [6.07, 6.45) is 3.60. The molecule has 0 atom stereocenters. The van der Waals surface area contributed by atoms with Crippen LogP contribution in [-0.2, 0) is 9.59 Å². The summed E-state index contributed by atoms with van der Waals surface area (Å²) in [6.45, 7) is 4.34. The Kier molecular flexibility index (Phi) is 6.77. The number of hydrogen-bond acceptors (Lipinski definition) is 3. The van der Waals surface area contributed by atoms with Gasteiger partial charge in [0, 0.05) is 23.9 Å². The van der Waals surface area contributed by atoms with Crippen molar-refractivity contribution in [3.8, 4) is 5.75 Å². The summed E-state index contributed by atoms with van der Waals surface area (Å²) in [6, 6.07) is 14.5. The first-order valence-corrected chi connectivity index (χ1v) is 8.22. The van der Waals surface area contributed by atoms with Crippen LogP contribution in [0.25, 0.3) is 6.08 Å². The van der Waals surface area contributed by atoms with Gasteiger partial charge in [-0.05, 0) is 48.9 Å². The molecule has 5 nitrogen and oxygen atoms in total. The van der Waals surface area contributed by atoms with E-state index < -0.39 is 0 Å². The van der Waals surface area contributed by atoms with Gasteiger partial charge < -0.3 is 15.4 Å². The Morgan fingerprint density at radius 2 is 1.68 bits per heavy atom. The molecule has 0 heterocycles. The van der Waals surface area contributed by atoms with E-state index in [9.17, 15) is 9.59 Å². The van der Waals surface area contributed by atoms with Gasteiger partial charge in [0.15, 0.2) is 0 Å². The Balaban J connectivity index is 1.95. The number of hydrogen-bond donors (Lipinski definition) is 2. The molecule has 0 unspecified atom stereocenters. The van der Waals surface area contributed by atoms with Crippen molar-refractivity contribution in [3.05, 3.63) is 60.2 Å². The third kappa shape index (κ3) is 6.14. The topological polar surface area (TPSA) is 67.4 Å². The van der Waals surface area contributed by atoms with Crippen molar-refractivity contribution >= 4 is 29.3 Å². The summed E-state index contributed by atoms with van der Waals surface area (Å²) in [5.41, 5.74) is 2.18. The molecule has 0 aliphatic heterocycles. The second-order valence-corrected chi connectivity index (χ2v) is 5.31. The molecule has 2 aromatic carbocycles. The minimum Gasteiger partial charge on any atom is -0.494 e. The van der Waals surface area contributed by atoms with Crippen molar-refractivity contribution in [2.24, 2.45) is 0 Å². The smallest absolute Gasteiger partial charge is 0.248 e. The zero-order valence-corrected chi connectivity index (χ0v) is 14.4. The fourth-order valence-corrected chi connectivity index (χ4v) is 2.12. The summed E-state index contributed by atoms with van der Waals surface area (Å²) in [4.78, 5) is 23.5. The standard InChI is InChI=1S/C20H22N2O3/c1-3-19(23)21-16-6-5-7-17(14-16)22-20(24)13-10-15-8-11-18(12-9-15)25-4-2/h5-14H,3-4H2,1-2H3,(H,21,23)(H,22,24)/b13-10+. The van der Waals surface area contributed by atoms with Crippen molar-refractivity contribution in [3.63, 3.8) is 0 Å². The number of rotatable bonds is 7. The van der Waals surface area contributed by atoms with Gasteiger partial charge in [-0.25, -0.2) is 0 Å². The molecule has 0 aliphatic carbocycles. The lowest BCUT2D eigenvalue weighted by Crippen LogP contribution is -2.11. The van der Waals surface area contributed by atoms with E-state index in [2.05, 4.69) is 10.6 Å². The van der Waals surface area contributed by atoms with Crippen LogP contribution in [0.3, 0.4) is 0 Å². The van der Waals surface area contributed by atoms with Gasteiger partial charge in [-0.3, -0.25) is 9.59 Å². The quantitative estimate of drug-likeness (QED) is 0.747. The van der Waals surface area contributed by atoms with E-state index in [1.165, 1.54) is 6.08 Å². The van der Waals surface area contributed by atoms with Gasteiger partial charge in [0.2, 0.25) is 11.8 Å². The van der Waals surface area contributed by atoms with Crippen molar-refractivity contribution < 1.29 is 14.3 Å². The van der Waals surface area contributed by atoms with Crippen LogP contribution >= 0.6 is 0 Å². The Bertz CT molecular complexity index is 752. The SMILES string of the molecule is CCOc1ccc(/C=C/C(=O)Nc2cccc(NC(=O)CC)c2)cc1. The highest BCUT2D eigenvalue weighted by Crippen LogP contribution is 2.16. The van der Waals surface area contributed by atoms with Gasteiger partial charge in [0.25, 0.3) is 0 Å². The molecule has 130 valence electrons. The molecule has 2 aromatic rings. The first-order chi connectivity index (χ1) is 12.1. The van der Waals surface area contributed by atoms with Crippen LogP contribution < -0.4 is 15.4 Å². The number of amides is 2. The third-order valence-corrected chi connectivity index (χ3v) is 3.35. The van der Waals surface area contributed by atoms with Gasteiger partial charge in [-0.1, -0.05) is 25.1 Å². The van der Waals surface area contributed by atoms with E-state index >= 15 is 0 Å². The largest absolute Gasteiger partial charge is 0.494 e. The van der Waals surface area contributed by atoms with Crippen LogP contribution in [0.4, 0.5) is 11.4 Å². The van der Waals surface area contributed by atoms with E-state index in [1.807, 2.05) is 31.2 Å². The Morgan fingerprint density at radius 1 is 1.00 bits per heavy atom. The van der Waals surface area contributed by atoms with Gasteiger partial charge in [-0.15, -0.1) is 0 Å². The Morgan fingerprint density at radius 3 is 2.32 bits per heavy atom. The Hall–Kier alpha value is -3.08. The maximum absolute atomic E-state index is 12.0. The molecular formula is C20H22N2O3. The zero-order valence-electron chi connectivity index (χ0n) is 14.4. The predicted molar refractivity (Wildman–Crippen MR) is 101 cm³/mol. The molecule has 5 heteroatoms. The van der Waals surface area contributed by atoms with Crippen molar-refractivity contribution in [1.29, 1.82) is 0 Å². The third-order valence-electron chi connectivity index (χ3n) is 3.35. The summed E-state index contributed by atoms with van der Waals surface area (Å²) >= 11 is 0. The van der Waals surface area contributed by atoms with Crippen molar-refractivity contribution in [2.75, 3.05) is 17.2 Å². The van der Waals surface area contributed by atoms with Gasteiger partial charge >= 0.3 is 0 Å². The number of benzene rings is 2. The monoisotopic (exact) mass is 338 g/mol. The first-order valence-electron chi connectivity index (χ1n) is 8.22. The highest BCUT2D eigenvalue weighted by molar-refractivity contribution is 6.02. The molecule has 2 amide bonds. The number of carbonyl (C=O) groups is 2. The fraction of sp³-hybridized carbons (Fsp3) is 0.200. The molecule has 0 radical (unpaired) electrons. The molecular weight excluding hydrogens is 316 g/mol. The molecule has 0 aromatic heterocycles. The number of anilines is 2. The molecule has 2 N–H and O–H groups in total. The molecule has 0 saturated carbocycles. The van der Waals surface area contributed by atoms with E-state index in [1.54, 1.807) is 37.3 Å². The van der Waals surface area contributed by atoms with E-state index in [-0.39, 0.29) is 11.8 Å². The molecule has 0 saturated heterocycles. The highest BCUT2D eigenvalue weighted by atomic mass is 16.5. The molecule has 0 fully saturated rings.